The highest BCUT2D eigenvalue weighted by molar-refractivity contribution is 7.99. The van der Waals surface area contributed by atoms with Crippen LogP contribution in [0.2, 0.25) is 0 Å². The SMILES string of the molecule is CCCn1c(=O)c(N)c2n(c1=O)CCCS2. The molecule has 0 amide bonds. The third-order valence-corrected chi connectivity index (χ3v) is 3.83. The lowest BCUT2D eigenvalue weighted by Crippen LogP contribution is -2.42. The molecule has 0 aliphatic carbocycles. The van der Waals surface area contributed by atoms with Crippen molar-refractivity contribution in [3.8, 4) is 0 Å². The first kappa shape index (κ1) is 11.3. The predicted octanol–water partition coefficient (Wildman–Crippen LogP) is 0.498. The molecule has 1 aliphatic heterocycles. The third kappa shape index (κ3) is 1.67. The Kier molecular flexibility index (Phi) is 3.09. The third-order valence-electron chi connectivity index (χ3n) is 2.62. The zero-order valence-corrected chi connectivity index (χ0v) is 10.0. The molecule has 0 spiro atoms. The van der Waals surface area contributed by atoms with E-state index in [0.29, 0.717) is 18.1 Å². The van der Waals surface area contributed by atoms with Crippen molar-refractivity contribution >= 4 is 17.4 Å². The minimum Gasteiger partial charge on any atom is -0.392 e. The van der Waals surface area contributed by atoms with Crippen molar-refractivity contribution in [2.75, 3.05) is 11.5 Å². The number of nitrogens with two attached hydrogens (primary N) is 1. The Morgan fingerprint density at radius 1 is 1.44 bits per heavy atom. The summed E-state index contributed by atoms with van der Waals surface area (Å²) >= 11 is 1.50. The number of hydrogen-bond donors (Lipinski definition) is 1. The van der Waals surface area contributed by atoms with Gasteiger partial charge in [0, 0.05) is 18.8 Å². The molecule has 0 radical (unpaired) electrons. The highest BCUT2D eigenvalue weighted by Crippen LogP contribution is 2.25. The number of rotatable bonds is 2. The summed E-state index contributed by atoms with van der Waals surface area (Å²) in [6.45, 7) is 3.03. The van der Waals surface area contributed by atoms with Crippen LogP contribution in [0, 0.1) is 0 Å². The van der Waals surface area contributed by atoms with Crippen LogP contribution in [0.15, 0.2) is 14.6 Å². The zero-order chi connectivity index (χ0) is 11.7. The molecule has 6 heteroatoms. The van der Waals surface area contributed by atoms with Crippen molar-refractivity contribution in [1.82, 2.24) is 9.13 Å². The first-order valence-electron chi connectivity index (χ1n) is 5.42. The van der Waals surface area contributed by atoms with Crippen LogP contribution < -0.4 is 17.0 Å². The van der Waals surface area contributed by atoms with E-state index in [0.717, 1.165) is 18.6 Å². The molecular formula is C10H15N3O2S. The van der Waals surface area contributed by atoms with Crippen LogP contribution in [0.25, 0.3) is 0 Å². The van der Waals surface area contributed by atoms with Crippen LogP contribution in [0.3, 0.4) is 0 Å². The Balaban J connectivity index is 2.71. The van der Waals surface area contributed by atoms with E-state index in [1.165, 1.54) is 16.3 Å². The first-order valence-corrected chi connectivity index (χ1v) is 6.41. The maximum atomic E-state index is 12.0. The molecule has 1 aliphatic rings. The molecule has 2 heterocycles. The number of anilines is 1. The molecule has 0 fully saturated rings. The summed E-state index contributed by atoms with van der Waals surface area (Å²) in [6.07, 6.45) is 1.70. The minimum absolute atomic E-state index is 0.219. The molecule has 88 valence electrons. The fourth-order valence-electron chi connectivity index (χ4n) is 1.87. The Hall–Kier alpha value is -1.17. The lowest BCUT2D eigenvalue weighted by atomic mass is 10.4. The lowest BCUT2D eigenvalue weighted by molar-refractivity contribution is 0.506. The van der Waals surface area contributed by atoms with Crippen LogP contribution in [-0.4, -0.2) is 14.9 Å². The molecule has 0 saturated heterocycles. The Labute approximate surface area is 97.3 Å². The molecule has 2 rings (SSSR count). The van der Waals surface area contributed by atoms with Crippen LogP contribution in [0.5, 0.6) is 0 Å². The summed E-state index contributed by atoms with van der Waals surface area (Å²) in [5.74, 6) is 0.918. The van der Waals surface area contributed by atoms with Gasteiger partial charge in [-0.25, -0.2) is 4.79 Å². The quantitative estimate of drug-likeness (QED) is 0.765. The summed E-state index contributed by atoms with van der Waals surface area (Å²) in [5, 5.41) is 0.647. The number of nitrogens with zero attached hydrogens (tertiary/aromatic N) is 2. The Morgan fingerprint density at radius 2 is 2.19 bits per heavy atom. The lowest BCUT2D eigenvalue weighted by Gasteiger charge is -2.20. The zero-order valence-electron chi connectivity index (χ0n) is 9.23. The van der Waals surface area contributed by atoms with Crippen molar-refractivity contribution in [2.24, 2.45) is 0 Å². The van der Waals surface area contributed by atoms with Gasteiger partial charge in [-0.15, -0.1) is 11.8 Å². The van der Waals surface area contributed by atoms with Gasteiger partial charge in [0.15, 0.2) is 0 Å². The second-order valence-corrected chi connectivity index (χ2v) is 4.90. The highest BCUT2D eigenvalue weighted by Gasteiger charge is 2.19. The standard InChI is InChI=1S/C10H15N3O2S/c1-2-4-12-8(14)7(11)9-13(10(12)15)5-3-6-16-9/h2-6,11H2,1H3. The Bertz CT molecular complexity index is 518. The van der Waals surface area contributed by atoms with Gasteiger partial charge in [0.1, 0.15) is 10.7 Å². The van der Waals surface area contributed by atoms with Crippen molar-refractivity contribution in [1.29, 1.82) is 0 Å². The molecule has 0 aromatic carbocycles. The van der Waals surface area contributed by atoms with Crippen molar-refractivity contribution in [3.63, 3.8) is 0 Å². The van der Waals surface area contributed by atoms with Crippen molar-refractivity contribution < 1.29 is 0 Å². The molecule has 16 heavy (non-hydrogen) atoms. The maximum absolute atomic E-state index is 12.0. The van der Waals surface area contributed by atoms with E-state index in [2.05, 4.69) is 0 Å². The van der Waals surface area contributed by atoms with E-state index in [9.17, 15) is 9.59 Å². The molecular weight excluding hydrogens is 226 g/mol. The van der Waals surface area contributed by atoms with Crippen molar-refractivity contribution in [2.45, 2.75) is 37.9 Å². The van der Waals surface area contributed by atoms with Crippen LogP contribution in [-0.2, 0) is 13.1 Å². The number of aromatic nitrogens is 2. The minimum atomic E-state index is -0.340. The summed E-state index contributed by atoms with van der Waals surface area (Å²) in [6, 6.07) is 0. The molecule has 1 aromatic heterocycles. The molecule has 0 unspecified atom stereocenters. The van der Waals surface area contributed by atoms with Gasteiger partial charge >= 0.3 is 5.69 Å². The number of nitrogen functional groups attached to an aromatic ring is 1. The van der Waals surface area contributed by atoms with Gasteiger partial charge in [0.2, 0.25) is 0 Å². The van der Waals surface area contributed by atoms with Gasteiger partial charge in [0.05, 0.1) is 0 Å². The fourth-order valence-corrected chi connectivity index (χ4v) is 2.90. The normalized spacial score (nSPS) is 14.8. The highest BCUT2D eigenvalue weighted by atomic mass is 32.2. The molecule has 5 nitrogen and oxygen atoms in total. The monoisotopic (exact) mass is 241 g/mol. The van der Waals surface area contributed by atoms with E-state index in [4.69, 9.17) is 5.73 Å². The topological polar surface area (TPSA) is 70.0 Å². The average Bonchev–Trinajstić information content (AvgIpc) is 2.32. The van der Waals surface area contributed by atoms with E-state index in [-0.39, 0.29) is 16.9 Å². The molecule has 0 saturated carbocycles. The van der Waals surface area contributed by atoms with Gasteiger partial charge in [0.25, 0.3) is 5.56 Å². The van der Waals surface area contributed by atoms with Crippen molar-refractivity contribution in [3.05, 3.63) is 20.8 Å². The van der Waals surface area contributed by atoms with E-state index < -0.39 is 0 Å². The first-order chi connectivity index (χ1) is 7.66. The summed E-state index contributed by atoms with van der Waals surface area (Å²) in [4.78, 5) is 23.9. The predicted molar refractivity (Wildman–Crippen MR) is 65.0 cm³/mol. The number of thioether (sulfide) groups is 1. The second kappa shape index (κ2) is 4.37. The van der Waals surface area contributed by atoms with Crippen LogP contribution in [0.1, 0.15) is 19.8 Å². The summed E-state index contributed by atoms with van der Waals surface area (Å²) in [7, 11) is 0. The van der Waals surface area contributed by atoms with E-state index in [1.54, 1.807) is 4.57 Å². The maximum Gasteiger partial charge on any atom is 0.331 e. The van der Waals surface area contributed by atoms with Gasteiger partial charge in [-0.1, -0.05) is 6.92 Å². The number of hydrogen-bond acceptors (Lipinski definition) is 4. The average molecular weight is 241 g/mol. The van der Waals surface area contributed by atoms with Gasteiger partial charge < -0.3 is 5.73 Å². The molecule has 2 N–H and O–H groups in total. The van der Waals surface area contributed by atoms with Gasteiger partial charge in [-0.05, 0) is 12.8 Å². The largest absolute Gasteiger partial charge is 0.392 e. The summed E-state index contributed by atoms with van der Waals surface area (Å²) < 4.78 is 2.87. The van der Waals surface area contributed by atoms with Crippen LogP contribution >= 0.6 is 11.8 Å². The molecule has 1 aromatic rings. The number of fused-ring (bicyclic) bond motifs is 1. The molecule has 0 atom stereocenters. The summed E-state index contributed by atoms with van der Waals surface area (Å²) in [5.41, 5.74) is 5.45. The second-order valence-electron chi connectivity index (χ2n) is 3.81. The van der Waals surface area contributed by atoms with E-state index in [1.807, 2.05) is 6.92 Å². The molecule has 0 bridgehead atoms. The van der Waals surface area contributed by atoms with Crippen LogP contribution in [0.4, 0.5) is 5.69 Å². The Morgan fingerprint density at radius 3 is 2.88 bits per heavy atom. The van der Waals surface area contributed by atoms with E-state index >= 15 is 0 Å². The fraction of sp³-hybridized carbons (Fsp3) is 0.600. The smallest absolute Gasteiger partial charge is 0.331 e. The van der Waals surface area contributed by atoms with Gasteiger partial charge in [-0.3, -0.25) is 13.9 Å². The van der Waals surface area contributed by atoms with Gasteiger partial charge in [-0.2, -0.15) is 0 Å².